The minimum atomic E-state index is -5.23. The number of hydrogen-bond donors (Lipinski definition) is 0. The maximum absolute atomic E-state index is 13.4. The fraction of sp³-hybridized carbons (Fsp3) is 0.240. The van der Waals surface area contributed by atoms with Crippen LogP contribution in [0, 0.1) is 0 Å². The molecule has 1 heterocycles. The third-order valence-corrected chi connectivity index (χ3v) is 5.15. The Morgan fingerprint density at radius 3 is 2.42 bits per heavy atom. The average molecular weight is 523 g/mol. The predicted molar refractivity (Wildman–Crippen MR) is 126 cm³/mol. The lowest BCUT2D eigenvalue weighted by molar-refractivity contribution is -0.164. The molecule has 0 bridgehead atoms. The molecule has 0 aliphatic heterocycles. The number of carbonyl (C=O) groups is 2. The largest absolute Gasteiger partial charge is 0.487 e. The first-order valence-electron chi connectivity index (χ1n) is 10.7. The van der Waals surface area contributed by atoms with E-state index in [9.17, 15) is 22.8 Å². The summed E-state index contributed by atoms with van der Waals surface area (Å²) >= 11 is 6.54. The van der Waals surface area contributed by atoms with E-state index < -0.39 is 34.8 Å². The Hall–Kier alpha value is -3.79. The number of esters is 1. The number of benzene rings is 2. The van der Waals surface area contributed by atoms with Crippen molar-refractivity contribution in [3.63, 3.8) is 0 Å². The minimum Gasteiger partial charge on any atom is -0.487 e. The van der Waals surface area contributed by atoms with E-state index >= 15 is 0 Å². The van der Waals surface area contributed by atoms with Gasteiger partial charge in [-0.2, -0.15) is 13.2 Å². The number of ketones is 1. The van der Waals surface area contributed by atoms with Gasteiger partial charge < -0.3 is 18.9 Å². The van der Waals surface area contributed by atoms with Crippen molar-refractivity contribution in [3.05, 3.63) is 76.6 Å². The second-order valence-corrected chi connectivity index (χ2v) is 8.06. The van der Waals surface area contributed by atoms with Gasteiger partial charge in [-0.05, 0) is 18.6 Å². The topological polar surface area (TPSA) is 81.9 Å². The van der Waals surface area contributed by atoms with E-state index in [2.05, 4.69) is 5.16 Å². The van der Waals surface area contributed by atoms with Gasteiger partial charge in [-0.25, -0.2) is 4.79 Å². The molecule has 3 aromatic rings. The molecule has 1 aromatic heterocycles. The van der Waals surface area contributed by atoms with Crippen LogP contribution in [0.4, 0.5) is 13.2 Å². The first-order chi connectivity index (χ1) is 17.0. The van der Waals surface area contributed by atoms with Gasteiger partial charge in [-0.15, -0.1) is 0 Å². The Labute approximate surface area is 210 Å². The summed E-state index contributed by atoms with van der Waals surface area (Å²) in [5.41, 5.74) is -0.562. The number of rotatable bonds is 9. The van der Waals surface area contributed by atoms with Gasteiger partial charge in [0.25, 0.3) is 5.78 Å². The summed E-state index contributed by atoms with van der Waals surface area (Å²) in [5.74, 6) is -3.69. The van der Waals surface area contributed by atoms with Crippen LogP contribution in [0.25, 0.3) is 16.8 Å². The zero-order valence-electron chi connectivity index (χ0n) is 19.6. The number of aromatic nitrogens is 1. The van der Waals surface area contributed by atoms with E-state index in [1.165, 1.54) is 32.0 Å². The summed E-state index contributed by atoms with van der Waals surface area (Å²) in [5, 5.41) is 3.85. The van der Waals surface area contributed by atoms with Crippen LogP contribution in [0.2, 0.25) is 5.02 Å². The lowest BCUT2D eigenvalue weighted by Gasteiger charge is -2.13. The van der Waals surface area contributed by atoms with Gasteiger partial charge in [0, 0.05) is 25.9 Å². The van der Waals surface area contributed by atoms with Gasteiger partial charge in [0.1, 0.15) is 23.6 Å². The molecule has 0 fully saturated rings. The van der Waals surface area contributed by atoms with Crippen molar-refractivity contribution in [2.75, 3.05) is 20.7 Å². The zero-order chi connectivity index (χ0) is 26.5. The van der Waals surface area contributed by atoms with Crippen LogP contribution in [0.15, 0.2) is 59.3 Å². The van der Waals surface area contributed by atoms with Crippen LogP contribution in [-0.4, -0.2) is 48.7 Å². The van der Waals surface area contributed by atoms with E-state index in [-0.39, 0.29) is 35.2 Å². The molecule has 0 saturated heterocycles. The van der Waals surface area contributed by atoms with Crippen LogP contribution in [0.5, 0.6) is 5.75 Å². The molecular weight excluding hydrogens is 501 g/mol. The number of allylic oxidation sites excluding steroid dienone is 1. The van der Waals surface area contributed by atoms with Gasteiger partial charge in [-0.3, -0.25) is 4.79 Å². The van der Waals surface area contributed by atoms with Crippen molar-refractivity contribution in [1.29, 1.82) is 0 Å². The number of Topliss-reactive ketones (excluding diaryl/α,β-unsaturated/α-hetero) is 1. The fourth-order valence-corrected chi connectivity index (χ4v) is 3.49. The highest BCUT2D eigenvalue weighted by molar-refractivity contribution is 6.35. The molecule has 0 spiro atoms. The molecule has 11 heteroatoms. The van der Waals surface area contributed by atoms with Crippen molar-refractivity contribution >= 4 is 28.9 Å². The molecule has 7 nitrogen and oxygen atoms in total. The van der Waals surface area contributed by atoms with Gasteiger partial charge in [0.05, 0.1) is 17.2 Å². The first kappa shape index (κ1) is 26.8. The third kappa shape index (κ3) is 6.06. The number of nitrogens with zero attached hydrogens (tertiary/aromatic N) is 2. The molecule has 0 saturated carbocycles. The van der Waals surface area contributed by atoms with Crippen molar-refractivity contribution in [2.24, 2.45) is 0 Å². The number of hydrogen-bond acceptors (Lipinski definition) is 7. The fourth-order valence-electron chi connectivity index (χ4n) is 3.22. The minimum absolute atomic E-state index is 0.0408. The highest BCUT2D eigenvalue weighted by atomic mass is 35.5. The summed E-state index contributed by atoms with van der Waals surface area (Å²) in [7, 11) is 2.82. The highest BCUT2D eigenvalue weighted by Crippen LogP contribution is 2.40. The molecule has 36 heavy (non-hydrogen) atoms. The van der Waals surface area contributed by atoms with Gasteiger partial charge >= 0.3 is 12.1 Å². The van der Waals surface area contributed by atoms with Crippen molar-refractivity contribution < 1.29 is 36.8 Å². The lowest BCUT2D eigenvalue weighted by Crippen LogP contribution is -2.25. The van der Waals surface area contributed by atoms with E-state index in [1.54, 1.807) is 12.1 Å². The number of ether oxygens (including phenoxy) is 2. The van der Waals surface area contributed by atoms with Crippen LogP contribution in [0.1, 0.15) is 28.6 Å². The van der Waals surface area contributed by atoms with E-state index in [4.69, 9.17) is 25.6 Å². The van der Waals surface area contributed by atoms with Crippen molar-refractivity contribution in [1.82, 2.24) is 10.1 Å². The third-order valence-electron chi connectivity index (χ3n) is 4.76. The van der Waals surface area contributed by atoms with E-state index in [1.807, 2.05) is 30.3 Å². The second-order valence-electron chi connectivity index (χ2n) is 7.68. The van der Waals surface area contributed by atoms with Crippen LogP contribution < -0.4 is 4.74 Å². The summed E-state index contributed by atoms with van der Waals surface area (Å²) < 4.78 is 56.1. The summed E-state index contributed by atoms with van der Waals surface area (Å²) in [6.45, 7) is 1.62. The van der Waals surface area contributed by atoms with Crippen LogP contribution in [0.3, 0.4) is 0 Å². The summed E-state index contributed by atoms with van der Waals surface area (Å²) in [4.78, 5) is 26.3. The normalized spacial score (nSPS) is 11.8. The Bertz CT molecular complexity index is 1270. The first-order valence-corrected chi connectivity index (χ1v) is 11.0. The van der Waals surface area contributed by atoms with Crippen molar-refractivity contribution in [2.45, 2.75) is 19.7 Å². The number of alkyl halides is 3. The zero-order valence-corrected chi connectivity index (χ0v) is 20.3. The lowest BCUT2D eigenvalue weighted by atomic mass is 10.00. The van der Waals surface area contributed by atoms with E-state index in [0.717, 1.165) is 11.8 Å². The van der Waals surface area contributed by atoms with Crippen molar-refractivity contribution in [3.8, 4) is 17.0 Å². The molecule has 0 radical (unpaired) electrons. The molecular formula is C25H22ClF3N2O5. The SMILES string of the molecule is CCOC(=O)c1c(-c2cccc(OCc3ccccc3)c2Cl)noc1/C(=C/N(C)C)C(=O)C(F)(F)F. The summed E-state index contributed by atoms with van der Waals surface area (Å²) in [6, 6.07) is 13.9. The molecule has 0 atom stereocenters. The Kier molecular flexibility index (Phi) is 8.41. The van der Waals surface area contributed by atoms with Gasteiger partial charge in [0.15, 0.2) is 5.76 Å². The Morgan fingerprint density at radius 2 is 1.81 bits per heavy atom. The predicted octanol–water partition coefficient (Wildman–Crippen LogP) is 5.78. The standard InChI is InChI=1S/C25H22ClF3N2O5/c1-4-34-24(33)19-21(30-36-22(19)17(13-31(2)3)23(32)25(27,28)29)16-11-8-12-18(20(16)26)35-14-15-9-6-5-7-10-15/h5-13H,4,14H2,1-3H3/b17-13-. The molecule has 0 N–H and O–H groups in total. The Morgan fingerprint density at radius 1 is 1.11 bits per heavy atom. The molecule has 2 aromatic carbocycles. The molecule has 0 unspecified atom stereocenters. The quantitative estimate of drug-likeness (QED) is 0.260. The molecule has 0 aliphatic rings. The molecule has 3 rings (SSSR count). The molecule has 0 amide bonds. The molecule has 0 aliphatic carbocycles. The second kappa shape index (κ2) is 11.3. The highest BCUT2D eigenvalue weighted by Gasteiger charge is 2.44. The Balaban J connectivity index is 2.13. The van der Waals surface area contributed by atoms with Crippen LogP contribution in [-0.2, 0) is 16.1 Å². The number of halogens is 4. The maximum Gasteiger partial charge on any atom is 0.455 e. The molecule has 190 valence electrons. The monoisotopic (exact) mass is 522 g/mol. The van der Waals surface area contributed by atoms with Gasteiger partial charge in [0.2, 0.25) is 0 Å². The van der Waals surface area contributed by atoms with Gasteiger partial charge in [-0.1, -0.05) is 59.2 Å². The summed E-state index contributed by atoms with van der Waals surface area (Å²) in [6.07, 6.45) is -4.34. The average Bonchev–Trinajstić information content (AvgIpc) is 3.26. The maximum atomic E-state index is 13.4. The van der Waals surface area contributed by atoms with Crippen LogP contribution >= 0.6 is 11.6 Å². The number of carbonyl (C=O) groups excluding carboxylic acids is 2. The van der Waals surface area contributed by atoms with E-state index in [0.29, 0.717) is 0 Å². The smallest absolute Gasteiger partial charge is 0.455 e.